The standard InChI is InChI=1S/C24H27N5O2S/c1-18-6-4-9-20(16-18)29-23(27-12-14-31-15-13-27)25-26-24(29)32-17-22(30)28-11-5-8-19-7-2-3-10-21(19)28/h2-4,6-7,9-10,16H,5,8,11-15,17H2,1H3. The van der Waals surface area contributed by atoms with E-state index in [1.54, 1.807) is 0 Å². The van der Waals surface area contributed by atoms with Crippen molar-refractivity contribution >= 4 is 29.3 Å². The Balaban J connectivity index is 1.40. The molecule has 0 radical (unpaired) electrons. The van der Waals surface area contributed by atoms with Crippen LogP contribution in [0.5, 0.6) is 0 Å². The predicted octanol–water partition coefficient (Wildman–Crippen LogP) is 3.48. The van der Waals surface area contributed by atoms with Gasteiger partial charge < -0.3 is 14.5 Å². The molecule has 7 nitrogen and oxygen atoms in total. The van der Waals surface area contributed by atoms with Crippen molar-refractivity contribution in [2.45, 2.75) is 24.9 Å². The number of anilines is 2. The number of aryl methyl sites for hydroxylation is 2. The molecule has 0 N–H and O–H groups in total. The van der Waals surface area contributed by atoms with Gasteiger partial charge in [-0.3, -0.25) is 9.36 Å². The molecule has 0 atom stereocenters. The number of ether oxygens (including phenoxy) is 1. The number of carbonyl (C=O) groups is 1. The van der Waals surface area contributed by atoms with Gasteiger partial charge in [0.15, 0.2) is 5.16 Å². The summed E-state index contributed by atoms with van der Waals surface area (Å²) in [6.45, 7) is 5.74. The Kier molecular flexibility index (Phi) is 6.14. The SMILES string of the molecule is Cc1cccc(-n2c(SCC(=O)N3CCCc4ccccc43)nnc2N2CCOCC2)c1. The van der Waals surface area contributed by atoms with Gasteiger partial charge in [0.25, 0.3) is 0 Å². The third-order valence-corrected chi connectivity index (χ3v) is 6.82. The molecular formula is C24H27N5O2S. The third kappa shape index (κ3) is 4.25. The van der Waals surface area contributed by atoms with Crippen LogP contribution in [0.2, 0.25) is 0 Å². The first kappa shape index (κ1) is 21.0. The van der Waals surface area contributed by atoms with Crippen LogP contribution in [0.4, 0.5) is 11.6 Å². The van der Waals surface area contributed by atoms with Crippen LogP contribution in [0.1, 0.15) is 17.5 Å². The van der Waals surface area contributed by atoms with Gasteiger partial charge in [0, 0.05) is 25.3 Å². The number of nitrogens with zero attached hydrogens (tertiary/aromatic N) is 5. The Morgan fingerprint density at radius 2 is 1.91 bits per heavy atom. The van der Waals surface area contributed by atoms with Gasteiger partial charge in [-0.1, -0.05) is 42.1 Å². The second kappa shape index (κ2) is 9.34. The maximum absolute atomic E-state index is 13.2. The summed E-state index contributed by atoms with van der Waals surface area (Å²) in [6.07, 6.45) is 2.02. The van der Waals surface area contributed by atoms with Gasteiger partial charge in [0.1, 0.15) is 0 Å². The number of thioether (sulfide) groups is 1. The molecule has 2 aliphatic heterocycles. The number of aromatic nitrogens is 3. The van der Waals surface area contributed by atoms with E-state index in [4.69, 9.17) is 4.74 Å². The molecule has 166 valence electrons. The highest BCUT2D eigenvalue weighted by molar-refractivity contribution is 7.99. The van der Waals surface area contributed by atoms with Gasteiger partial charge in [0.2, 0.25) is 11.9 Å². The van der Waals surface area contributed by atoms with Gasteiger partial charge in [-0.2, -0.15) is 0 Å². The van der Waals surface area contributed by atoms with E-state index in [0.29, 0.717) is 19.0 Å². The smallest absolute Gasteiger partial charge is 0.237 e. The Labute approximate surface area is 192 Å². The molecule has 0 saturated carbocycles. The second-order valence-corrected chi connectivity index (χ2v) is 9.07. The maximum atomic E-state index is 13.2. The van der Waals surface area contributed by atoms with Crippen molar-refractivity contribution in [3.8, 4) is 5.69 Å². The summed E-state index contributed by atoms with van der Waals surface area (Å²) < 4.78 is 7.58. The van der Waals surface area contributed by atoms with Gasteiger partial charge in [0.05, 0.1) is 24.7 Å². The average molecular weight is 450 g/mol. The number of para-hydroxylation sites is 1. The minimum absolute atomic E-state index is 0.105. The molecule has 8 heteroatoms. The minimum atomic E-state index is 0.105. The number of morpholine rings is 1. The topological polar surface area (TPSA) is 63.5 Å². The van der Waals surface area contributed by atoms with E-state index in [1.165, 1.54) is 22.9 Å². The van der Waals surface area contributed by atoms with E-state index in [9.17, 15) is 4.79 Å². The largest absolute Gasteiger partial charge is 0.378 e. The van der Waals surface area contributed by atoms with Crippen molar-refractivity contribution in [3.63, 3.8) is 0 Å². The van der Waals surface area contributed by atoms with Crippen molar-refractivity contribution in [2.75, 3.05) is 48.4 Å². The summed E-state index contributed by atoms with van der Waals surface area (Å²) in [7, 11) is 0. The van der Waals surface area contributed by atoms with Crippen LogP contribution in [0.3, 0.4) is 0 Å². The fourth-order valence-corrected chi connectivity index (χ4v) is 5.14. The molecule has 0 spiro atoms. The maximum Gasteiger partial charge on any atom is 0.237 e. The second-order valence-electron chi connectivity index (χ2n) is 8.12. The molecule has 1 amide bonds. The summed E-state index contributed by atoms with van der Waals surface area (Å²) >= 11 is 1.45. The quantitative estimate of drug-likeness (QED) is 0.556. The lowest BCUT2D eigenvalue weighted by molar-refractivity contribution is -0.116. The third-order valence-electron chi connectivity index (χ3n) is 5.91. The highest BCUT2D eigenvalue weighted by atomic mass is 32.2. The van der Waals surface area contributed by atoms with Crippen LogP contribution in [-0.2, 0) is 16.0 Å². The van der Waals surface area contributed by atoms with E-state index < -0.39 is 0 Å². The first-order valence-electron chi connectivity index (χ1n) is 11.1. The fourth-order valence-electron chi connectivity index (χ4n) is 4.31. The van der Waals surface area contributed by atoms with Crippen molar-refractivity contribution < 1.29 is 9.53 Å². The van der Waals surface area contributed by atoms with Crippen LogP contribution in [-0.4, -0.2) is 59.3 Å². The molecule has 0 unspecified atom stereocenters. The minimum Gasteiger partial charge on any atom is -0.378 e. The lowest BCUT2D eigenvalue weighted by atomic mass is 10.0. The Morgan fingerprint density at radius 3 is 2.75 bits per heavy atom. The van der Waals surface area contributed by atoms with Crippen LogP contribution >= 0.6 is 11.8 Å². The van der Waals surface area contributed by atoms with E-state index in [0.717, 1.165) is 55.0 Å². The van der Waals surface area contributed by atoms with Gasteiger partial charge >= 0.3 is 0 Å². The zero-order valence-corrected chi connectivity index (χ0v) is 19.1. The predicted molar refractivity (Wildman–Crippen MR) is 127 cm³/mol. The van der Waals surface area contributed by atoms with Crippen LogP contribution in [0.25, 0.3) is 5.69 Å². The fraction of sp³-hybridized carbons (Fsp3) is 0.375. The number of benzene rings is 2. The zero-order valence-electron chi connectivity index (χ0n) is 18.2. The monoisotopic (exact) mass is 449 g/mol. The molecule has 0 bridgehead atoms. The van der Waals surface area contributed by atoms with E-state index in [2.05, 4.69) is 50.9 Å². The Bertz CT molecular complexity index is 1110. The molecule has 2 aliphatic rings. The number of rotatable bonds is 5. The molecule has 1 fully saturated rings. The Hall–Kier alpha value is -2.84. The Morgan fingerprint density at radius 1 is 1.06 bits per heavy atom. The molecule has 32 heavy (non-hydrogen) atoms. The lowest BCUT2D eigenvalue weighted by Crippen LogP contribution is -2.38. The summed E-state index contributed by atoms with van der Waals surface area (Å²) in [4.78, 5) is 17.3. The van der Waals surface area contributed by atoms with Crippen molar-refractivity contribution in [1.82, 2.24) is 14.8 Å². The highest BCUT2D eigenvalue weighted by Gasteiger charge is 2.25. The highest BCUT2D eigenvalue weighted by Crippen LogP contribution is 2.30. The molecule has 3 heterocycles. The summed E-state index contributed by atoms with van der Waals surface area (Å²) in [6, 6.07) is 16.5. The number of carbonyl (C=O) groups excluding carboxylic acids is 1. The van der Waals surface area contributed by atoms with Crippen LogP contribution in [0, 0.1) is 6.92 Å². The first-order valence-corrected chi connectivity index (χ1v) is 12.1. The summed E-state index contributed by atoms with van der Waals surface area (Å²) in [5, 5.41) is 9.72. The normalized spacial score (nSPS) is 16.2. The number of amides is 1. The van der Waals surface area contributed by atoms with Gasteiger partial charge in [-0.15, -0.1) is 10.2 Å². The number of hydrogen-bond acceptors (Lipinski definition) is 6. The van der Waals surface area contributed by atoms with Crippen LogP contribution in [0.15, 0.2) is 53.7 Å². The van der Waals surface area contributed by atoms with Crippen LogP contribution < -0.4 is 9.80 Å². The van der Waals surface area contributed by atoms with Gasteiger partial charge in [-0.05, 0) is 49.1 Å². The lowest BCUT2D eigenvalue weighted by Gasteiger charge is -2.29. The van der Waals surface area contributed by atoms with E-state index in [-0.39, 0.29) is 5.91 Å². The molecular weight excluding hydrogens is 422 g/mol. The van der Waals surface area contributed by atoms with Crippen molar-refractivity contribution in [2.24, 2.45) is 0 Å². The summed E-state index contributed by atoms with van der Waals surface area (Å²) in [5.41, 5.74) is 4.46. The molecule has 0 aliphatic carbocycles. The van der Waals surface area contributed by atoms with E-state index >= 15 is 0 Å². The number of fused-ring (bicyclic) bond motifs is 1. The number of hydrogen-bond donors (Lipinski definition) is 0. The molecule has 1 saturated heterocycles. The molecule has 2 aromatic carbocycles. The molecule has 5 rings (SSSR count). The van der Waals surface area contributed by atoms with Gasteiger partial charge in [-0.25, -0.2) is 0 Å². The zero-order chi connectivity index (χ0) is 21.9. The summed E-state index contributed by atoms with van der Waals surface area (Å²) in [5.74, 6) is 1.23. The van der Waals surface area contributed by atoms with Crippen molar-refractivity contribution in [1.29, 1.82) is 0 Å². The molecule has 3 aromatic rings. The average Bonchev–Trinajstić information content (AvgIpc) is 3.27. The molecule has 1 aromatic heterocycles. The van der Waals surface area contributed by atoms with Crippen molar-refractivity contribution in [3.05, 3.63) is 59.7 Å². The van der Waals surface area contributed by atoms with E-state index in [1.807, 2.05) is 29.2 Å². The first-order chi connectivity index (χ1) is 15.7.